The van der Waals surface area contributed by atoms with E-state index in [1.54, 1.807) is 0 Å². The first-order chi connectivity index (χ1) is 7.36. The number of carbonyl (C=O) groups is 1. The van der Waals surface area contributed by atoms with Crippen molar-refractivity contribution in [3.63, 3.8) is 0 Å². The molecule has 84 valence electrons. The SMILES string of the molecule is CC(=O)[O][Hg][c]1c(F)c(F)c(F)c(F)c1F. The second-order valence-corrected chi connectivity index (χ2v) is 7.82. The second kappa shape index (κ2) is 5.07. The van der Waals surface area contributed by atoms with E-state index >= 15 is 0 Å². The number of halogens is 5. The quantitative estimate of drug-likeness (QED) is 0.311. The summed E-state index contributed by atoms with van der Waals surface area (Å²) in [5.74, 6) is -10.8. The molecule has 0 aliphatic rings. The predicted octanol–water partition coefficient (Wildman–Crippen LogP) is 1.57. The molecule has 8 heteroatoms. The molecule has 16 heavy (non-hydrogen) atoms. The van der Waals surface area contributed by atoms with E-state index in [-0.39, 0.29) is 0 Å². The minimum atomic E-state index is -3.11. The molecule has 1 rings (SSSR count). The van der Waals surface area contributed by atoms with Crippen LogP contribution in [0.4, 0.5) is 22.0 Å². The monoisotopic (exact) mass is 428 g/mol. The first-order valence-electron chi connectivity index (χ1n) is 4.00. The van der Waals surface area contributed by atoms with Gasteiger partial charge in [0.1, 0.15) is 0 Å². The van der Waals surface area contributed by atoms with E-state index < -0.39 is 63.2 Å². The molecule has 0 spiro atoms. The average Bonchev–Trinajstić information content (AvgIpc) is 2.23. The van der Waals surface area contributed by atoms with E-state index in [4.69, 9.17) is 0 Å². The van der Waals surface area contributed by atoms with Gasteiger partial charge >= 0.3 is 99.5 Å². The molecule has 0 aliphatic heterocycles. The Hall–Kier alpha value is -0.725. The summed E-state index contributed by atoms with van der Waals surface area (Å²) in [6, 6.07) is 0. The van der Waals surface area contributed by atoms with Crippen molar-refractivity contribution in [1.29, 1.82) is 0 Å². The van der Waals surface area contributed by atoms with Crippen LogP contribution in [0.5, 0.6) is 0 Å². The summed E-state index contributed by atoms with van der Waals surface area (Å²) < 4.78 is 67.3. The summed E-state index contributed by atoms with van der Waals surface area (Å²) >= 11 is -3.11. The average molecular weight is 427 g/mol. The maximum absolute atomic E-state index is 13.0. The van der Waals surface area contributed by atoms with E-state index in [1.807, 2.05) is 0 Å². The van der Waals surface area contributed by atoms with Crippen molar-refractivity contribution in [2.24, 2.45) is 0 Å². The topological polar surface area (TPSA) is 26.3 Å². The molecule has 0 fully saturated rings. The van der Waals surface area contributed by atoms with Crippen molar-refractivity contribution in [3.8, 4) is 0 Å². The molecule has 1 aromatic rings. The van der Waals surface area contributed by atoms with E-state index in [0.29, 0.717) is 0 Å². The standard InChI is InChI=1S/C6F5.C2H4O2.Hg/c7-2-1-3(8)5(10)6(11)4(2)9;1-2(3)4;/h;1H3,(H,3,4);/q;;+1/p-1. The maximum atomic E-state index is 13.0. The molecule has 1 aromatic carbocycles. The third-order valence-electron chi connectivity index (χ3n) is 1.72. The van der Waals surface area contributed by atoms with E-state index in [0.717, 1.165) is 6.92 Å². The van der Waals surface area contributed by atoms with Gasteiger partial charge in [-0.25, -0.2) is 0 Å². The molecule has 0 N–H and O–H groups in total. The number of carbonyl (C=O) groups excluding carboxylic acids is 1. The van der Waals surface area contributed by atoms with Crippen molar-refractivity contribution in [1.82, 2.24) is 0 Å². The van der Waals surface area contributed by atoms with Crippen LogP contribution in [0.15, 0.2) is 0 Å². The van der Waals surface area contributed by atoms with Gasteiger partial charge < -0.3 is 0 Å². The van der Waals surface area contributed by atoms with Crippen molar-refractivity contribution in [3.05, 3.63) is 29.1 Å². The molecule has 0 saturated heterocycles. The normalized spacial score (nSPS) is 9.88. The Morgan fingerprint density at radius 2 is 1.31 bits per heavy atom. The third-order valence-corrected chi connectivity index (χ3v) is 7.40. The fourth-order valence-electron chi connectivity index (χ4n) is 0.951. The van der Waals surface area contributed by atoms with Gasteiger partial charge in [0.25, 0.3) is 0 Å². The predicted molar refractivity (Wildman–Crippen MR) is 37.6 cm³/mol. The van der Waals surface area contributed by atoms with Crippen molar-refractivity contribution in [2.75, 3.05) is 0 Å². The fourth-order valence-corrected chi connectivity index (χ4v) is 4.49. The van der Waals surface area contributed by atoms with Gasteiger partial charge in [0.05, 0.1) is 0 Å². The van der Waals surface area contributed by atoms with Gasteiger partial charge in [0, 0.05) is 0 Å². The van der Waals surface area contributed by atoms with Crippen LogP contribution in [-0.4, -0.2) is 5.97 Å². The van der Waals surface area contributed by atoms with Crippen molar-refractivity contribution in [2.45, 2.75) is 6.92 Å². The molecule has 0 heterocycles. The minimum absolute atomic E-state index is 0.800. The van der Waals surface area contributed by atoms with Crippen LogP contribution in [0.3, 0.4) is 0 Å². The van der Waals surface area contributed by atoms with Gasteiger partial charge in [-0.1, -0.05) is 0 Å². The Balaban J connectivity index is 3.23. The summed E-state index contributed by atoms with van der Waals surface area (Å²) in [5, 5.41) is 0. The Morgan fingerprint density at radius 3 is 1.69 bits per heavy atom. The zero-order valence-corrected chi connectivity index (χ0v) is 13.4. The molecule has 0 bridgehead atoms. The Kier molecular flexibility index (Phi) is 4.23. The summed E-state index contributed by atoms with van der Waals surface area (Å²) in [6.45, 7) is 0.992. The van der Waals surface area contributed by atoms with Gasteiger partial charge in [0.2, 0.25) is 0 Å². The molecule has 0 radical (unpaired) electrons. The molecular weight excluding hydrogens is 424 g/mol. The Labute approximate surface area is 99.5 Å². The summed E-state index contributed by atoms with van der Waals surface area (Å²) in [5.41, 5.74) is 0. The number of hydrogen-bond acceptors (Lipinski definition) is 2. The van der Waals surface area contributed by atoms with E-state index in [2.05, 4.69) is 2.64 Å². The van der Waals surface area contributed by atoms with Gasteiger partial charge in [-0.15, -0.1) is 0 Å². The molecule has 0 aliphatic carbocycles. The number of benzene rings is 1. The summed E-state index contributed by atoms with van der Waals surface area (Å²) in [4.78, 5) is 10.4. The molecule has 0 unspecified atom stereocenters. The van der Waals surface area contributed by atoms with E-state index in [1.165, 1.54) is 0 Å². The summed E-state index contributed by atoms with van der Waals surface area (Å²) in [6.07, 6.45) is 0. The van der Waals surface area contributed by atoms with E-state index in [9.17, 15) is 26.7 Å². The number of rotatable bonds is 2. The third kappa shape index (κ3) is 2.50. The van der Waals surface area contributed by atoms with Crippen LogP contribution >= 0.6 is 0 Å². The Bertz CT molecular complexity index is 420. The van der Waals surface area contributed by atoms with Crippen molar-refractivity contribution < 1.29 is 54.4 Å². The molecule has 0 aromatic heterocycles. The number of hydrogen-bond donors (Lipinski definition) is 0. The zero-order chi connectivity index (χ0) is 12.5. The van der Waals surface area contributed by atoms with Gasteiger partial charge in [-0.2, -0.15) is 0 Å². The molecule has 0 amide bonds. The van der Waals surface area contributed by atoms with Crippen LogP contribution in [0.2, 0.25) is 0 Å². The fraction of sp³-hybridized carbons (Fsp3) is 0.125. The van der Waals surface area contributed by atoms with Gasteiger partial charge in [-0.05, 0) is 0 Å². The van der Waals surface area contributed by atoms with Crippen LogP contribution in [-0.2, 0) is 32.5 Å². The Morgan fingerprint density at radius 1 is 0.938 bits per heavy atom. The van der Waals surface area contributed by atoms with Gasteiger partial charge in [0.15, 0.2) is 0 Å². The zero-order valence-electron chi connectivity index (χ0n) is 7.91. The van der Waals surface area contributed by atoms with Crippen LogP contribution in [0.1, 0.15) is 6.92 Å². The molecule has 0 atom stereocenters. The van der Waals surface area contributed by atoms with Crippen LogP contribution in [0, 0.1) is 29.1 Å². The molecule has 2 nitrogen and oxygen atoms in total. The van der Waals surface area contributed by atoms with Crippen molar-refractivity contribution >= 4 is 9.04 Å². The first kappa shape index (κ1) is 13.3. The van der Waals surface area contributed by atoms with Gasteiger partial charge in [-0.3, -0.25) is 0 Å². The second-order valence-electron chi connectivity index (χ2n) is 2.83. The molecule has 0 saturated carbocycles. The molecular formula is C8H3F5HgO2. The first-order valence-corrected chi connectivity index (χ1v) is 8.99. The van der Waals surface area contributed by atoms with Crippen LogP contribution < -0.4 is 3.07 Å². The van der Waals surface area contributed by atoms with Crippen LogP contribution in [0.25, 0.3) is 0 Å². The summed E-state index contributed by atoms with van der Waals surface area (Å²) in [7, 11) is 0.